The number of aromatic amines is 3. The minimum Gasteiger partial charge on any atom is -0.282 e. The molecule has 0 unspecified atom stereocenters. The van der Waals surface area contributed by atoms with Crippen LogP contribution in [0.4, 0.5) is 0 Å². The van der Waals surface area contributed by atoms with Gasteiger partial charge in [-0.05, 0) is 16.4 Å². The van der Waals surface area contributed by atoms with Crippen LogP contribution in [-0.2, 0) is 54.2 Å². The molecule has 44 heavy (non-hydrogen) atoms. The van der Waals surface area contributed by atoms with Crippen LogP contribution < -0.4 is 16.4 Å². The third kappa shape index (κ3) is 9.61. The predicted molar refractivity (Wildman–Crippen MR) is 219 cm³/mol. The van der Waals surface area contributed by atoms with E-state index in [0.29, 0.717) is 0 Å². The third-order valence-electron chi connectivity index (χ3n) is 7.66. The van der Waals surface area contributed by atoms with Gasteiger partial charge >= 0.3 is 0 Å². The molecule has 11 heteroatoms. The molecule has 0 spiro atoms. The zero-order valence-electron chi connectivity index (χ0n) is 30.6. The van der Waals surface area contributed by atoms with Gasteiger partial charge < -0.3 is 0 Å². The summed E-state index contributed by atoms with van der Waals surface area (Å²) in [4.78, 5) is 0. The van der Waals surface area contributed by atoms with Crippen LogP contribution in [0.5, 0.6) is 0 Å². The second-order valence-corrected chi connectivity index (χ2v) is 18.0. The van der Waals surface area contributed by atoms with Crippen molar-refractivity contribution in [2.45, 2.75) is 157 Å². The van der Waals surface area contributed by atoms with E-state index in [2.05, 4.69) is 140 Å². The summed E-state index contributed by atoms with van der Waals surface area (Å²) in [6.45, 7) is 40.8. The molecule has 0 radical (unpaired) electrons. The number of hydrogen-bond acceptors (Lipinski definition) is 3. The molecule has 0 saturated carbocycles. The minimum atomic E-state index is -0.172. The quantitative estimate of drug-likeness (QED) is 0.184. The Hall–Kier alpha value is 0.599. The minimum absolute atomic E-state index is 0. The Morgan fingerprint density at radius 2 is 0.545 bits per heavy atom. The zero-order valence-corrected chi connectivity index (χ0v) is 39.2. The third-order valence-corrected chi connectivity index (χ3v) is 7.66. The summed E-state index contributed by atoms with van der Waals surface area (Å²) in [5, 5.41) is 25.9. The number of H-pyrrole nitrogens is 3. The van der Waals surface area contributed by atoms with Crippen LogP contribution in [0.15, 0.2) is 0 Å². The number of halogens is 3. The van der Waals surface area contributed by atoms with E-state index in [0.717, 1.165) is 17.1 Å². The Balaban J connectivity index is 0. The summed E-state index contributed by atoms with van der Waals surface area (Å²) in [7, 11) is 0. The van der Waals surface area contributed by atoms with Crippen LogP contribution in [0.1, 0.15) is 159 Å². The Bertz CT molecular complexity index is 1100. The molecule has 0 aliphatic carbocycles. The van der Waals surface area contributed by atoms with Gasteiger partial charge in [0.2, 0.25) is 0 Å². The second kappa shape index (κ2) is 15.0. The SMILES string of the molecule is CC(C)(C)c1n[nH]c(C(C)(C)C)c1B(c1c(C(C)(C)C)n[nH]c1C(C)(C)C)c1c(C(C)(C)C)n[nH]c1C(C)(C)C.I.I.I.[Ti]. The first-order valence-corrected chi connectivity index (χ1v) is 15.0. The molecule has 0 aliphatic heterocycles. The van der Waals surface area contributed by atoms with Gasteiger partial charge in [-0.2, -0.15) is 15.3 Å². The van der Waals surface area contributed by atoms with Gasteiger partial charge in [0.1, 0.15) is 0 Å². The van der Waals surface area contributed by atoms with Gasteiger partial charge in [0.05, 0.1) is 17.1 Å². The molecule has 3 aromatic heterocycles. The summed E-state index contributed by atoms with van der Waals surface area (Å²) in [5.41, 5.74) is 9.63. The smallest absolute Gasteiger partial charge is 0.255 e. The molecule has 0 saturated heterocycles. The topological polar surface area (TPSA) is 86.0 Å². The molecule has 0 amide bonds. The summed E-state index contributed by atoms with van der Waals surface area (Å²) in [6.07, 6.45) is 0. The van der Waals surface area contributed by atoms with E-state index in [1.54, 1.807) is 0 Å². The van der Waals surface area contributed by atoms with Crippen LogP contribution >= 0.6 is 71.9 Å². The van der Waals surface area contributed by atoms with E-state index < -0.39 is 0 Å². The fourth-order valence-corrected chi connectivity index (χ4v) is 5.76. The Kier molecular flexibility index (Phi) is 15.9. The van der Waals surface area contributed by atoms with Crippen molar-refractivity contribution in [1.29, 1.82) is 0 Å². The van der Waals surface area contributed by atoms with Crippen molar-refractivity contribution in [2.24, 2.45) is 0 Å². The normalized spacial score (nSPS) is 13.0. The maximum Gasteiger partial charge on any atom is 0.255 e. The van der Waals surface area contributed by atoms with Crippen molar-refractivity contribution in [3.63, 3.8) is 0 Å². The maximum atomic E-state index is 5.08. The second-order valence-electron chi connectivity index (χ2n) is 18.0. The van der Waals surface area contributed by atoms with E-state index in [-0.39, 0.29) is 133 Å². The van der Waals surface area contributed by atoms with Crippen molar-refractivity contribution in [1.82, 2.24) is 30.6 Å². The van der Waals surface area contributed by atoms with Gasteiger partial charge in [-0.3, -0.25) is 15.3 Å². The maximum absolute atomic E-state index is 5.08. The summed E-state index contributed by atoms with van der Waals surface area (Å²) < 4.78 is 0. The number of rotatable bonds is 3. The monoisotopic (exact) mass is 980 g/mol. The van der Waals surface area contributed by atoms with E-state index in [9.17, 15) is 0 Å². The molecule has 0 aliphatic rings. The Morgan fingerprint density at radius 3 is 0.682 bits per heavy atom. The fourth-order valence-electron chi connectivity index (χ4n) is 5.76. The summed E-state index contributed by atoms with van der Waals surface area (Å²) >= 11 is 0. The molecule has 3 aromatic rings. The molecule has 0 fully saturated rings. The number of nitrogens with zero attached hydrogens (tertiary/aromatic N) is 3. The number of aromatic nitrogens is 6. The Labute approximate surface area is 335 Å². The molecule has 0 atom stereocenters. The molecule has 6 nitrogen and oxygen atoms in total. The van der Waals surface area contributed by atoms with Crippen LogP contribution in [0.2, 0.25) is 0 Å². The number of nitrogens with one attached hydrogen (secondary N) is 3. The largest absolute Gasteiger partial charge is 0.282 e. The summed E-state index contributed by atoms with van der Waals surface area (Å²) in [6, 6.07) is 0. The van der Waals surface area contributed by atoms with Crippen LogP contribution in [0.25, 0.3) is 0 Å². The zero-order chi connectivity index (χ0) is 31.0. The van der Waals surface area contributed by atoms with Gasteiger partial charge in [0, 0.05) is 71.3 Å². The van der Waals surface area contributed by atoms with E-state index in [1.807, 2.05) is 0 Å². The molecule has 0 bridgehead atoms. The summed E-state index contributed by atoms with van der Waals surface area (Å²) in [5.74, 6) is 0. The van der Waals surface area contributed by atoms with Crippen LogP contribution in [0.3, 0.4) is 0 Å². The molecule has 0 aromatic carbocycles. The van der Waals surface area contributed by atoms with E-state index in [1.165, 1.54) is 33.5 Å². The first-order chi connectivity index (χ1) is 17.7. The van der Waals surface area contributed by atoms with Crippen molar-refractivity contribution >= 4 is 95.0 Å². The molecule has 3 rings (SSSR count). The first-order valence-electron chi connectivity index (χ1n) is 15.0. The average molecular weight is 980 g/mol. The van der Waals surface area contributed by atoms with Gasteiger partial charge in [0.15, 0.2) is 0 Å². The van der Waals surface area contributed by atoms with Crippen molar-refractivity contribution in [2.75, 3.05) is 0 Å². The molecule has 3 N–H and O–H groups in total. The van der Waals surface area contributed by atoms with E-state index >= 15 is 0 Å². The fraction of sp³-hybridized carbons (Fsp3) is 0.727. The van der Waals surface area contributed by atoms with E-state index in [4.69, 9.17) is 15.3 Å². The van der Waals surface area contributed by atoms with Gasteiger partial charge in [-0.25, -0.2) is 0 Å². The van der Waals surface area contributed by atoms with Crippen LogP contribution in [-0.4, -0.2) is 37.3 Å². The molecule has 250 valence electrons. The van der Waals surface area contributed by atoms with Crippen molar-refractivity contribution in [3.8, 4) is 0 Å². The average Bonchev–Trinajstić information content (AvgIpc) is 3.42. The number of hydrogen-bond donors (Lipinski definition) is 3. The van der Waals surface area contributed by atoms with Crippen molar-refractivity contribution in [3.05, 3.63) is 34.2 Å². The molecular formula is C33H60BI3N6Ti. The Morgan fingerprint density at radius 1 is 0.364 bits per heavy atom. The van der Waals surface area contributed by atoms with Gasteiger partial charge in [-0.1, -0.05) is 125 Å². The van der Waals surface area contributed by atoms with Gasteiger partial charge in [-0.15, -0.1) is 71.9 Å². The standard InChI is InChI=1S/C33H57BN6.3HI.Ti/c1-28(2,3)22-19(23(36-35-22)29(4,5)6)34(20-24(30(7,8)9)37-38-25(20)31(10,11)12)21-26(32(13,14)15)39-40-27(21)33(16,17)18;;;;/h1-18H3,(H,35,36)(H,37,38)(H,39,40);3*1H;. The van der Waals surface area contributed by atoms with Crippen molar-refractivity contribution < 1.29 is 21.7 Å². The predicted octanol–water partition coefficient (Wildman–Crippen LogP) is 8.01. The molecule has 3 heterocycles. The van der Waals surface area contributed by atoms with Gasteiger partial charge in [0.25, 0.3) is 6.71 Å². The van der Waals surface area contributed by atoms with Crippen LogP contribution in [0, 0.1) is 0 Å². The molecular weight excluding hydrogens is 920 g/mol. The first kappa shape index (κ1) is 46.7.